The van der Waals surface area contributed by atoms with Crippen LogP contribution in [0, 0.1) is 0 Å². The maximum atomic E-state index is 12.7. The quantitative estimate of drug-likeness (QED) is 0.0538. The third-order valence-corrected chi connectivity index (χ3v) is 11.5. The lowest BCUT2D eigenvalue weighted by Gasteiger charge is -2.49. The molecule has 0 spiro atoms. The van der Waals surface area contributed by atoms with Gasteiger partial charge in [0.2, 0.25) is 0 Å². The number of hydrogen-bond acceptors (Lipinski definition) is 11. The second kappa shape index (κ2) is 26.4. The highest BCUT2D eigenvalue weighted by Gasteiger charge is 2.53. The van der Waals surface area contributed by atoms with Crippen LogP contribution in [0.2, 0.25) is 0 Å². The van der Waals surface area contributed by atoms with Crippen molar-refractivity contribution >= 4 is 0 Å². The Morgan fingerprint density at radius 1 is 0.485 bits per heavy atom. The lowest BCUT2D eigenvalue weighted by molar-refractivity contribution is -0.363. The summed E-state index contributed by atoms with van der Waals surface area (Å²) >= 11 is 0. The molecular formula is C57H63NO10. The fourth-order valence-corrected chi connectivity index (χ4v) is 8.02. The van der Waals surface area contributed by atoms with Crippen LogP contribution in [-0.4, -0.2) is 86.3 Å². The maximum Gasteiger partial charge on any atom is 0.187 e. The van der Waals surface area contributed by atoms with Crippen molar-refractivity contribution in [1.29, 1.82) is 0 Å². The highest BCUT2D eigenvalue weighted by Crippen LogP contribution is 2.35. The van der Waals surface area contributed by atoms with Crippen molar-refractivity contribution < 1.29 is 53.2 Å². The van der Waals surface area contributed by atoms with E-state index in [9.17, 15) is 9.22 Å². The van der Waals surface area contributed by atoms with E-state index in [1.165, 1.54) is 0 Å². The van der Waals surface area contributed by atoms with Crippen LogP contribution in [0.4, 0.5) is 0 Å². The number of ether oxygens (including phenoxy) is 9. The normalized spacial score (nSPS) is 27.6. The van der Waals surface area contributed by atoms with Gasteiger partial charge in [-0.15, -0.1) is 6.58 Å². The fraction of sp³-hybridized carbons (Fsp3) is 0.333. The lowest BCUT2D eigenvalue weighted by atomic mass is 9.94. The van der Waals surface area contributed by atoms with Gasteiger partial charge in [-0.3, -0.25) is 0 Å². The molecule has 5 unspecified atom stereocenters. The van der Waals surface area contributed by atoms with Gasteiger partial charge in [0.25, 0.3) is 0 Å². The Kier molecular flexibility index (Phi) is 17.0. The molecule has 14 atom stereocenters. The molecule has 11 heteroatoms. The van der Waals surface area contributed by atoms with Crippen LogP contribution in [0.1, 0.15) is 38.9 Å². The topological polar surface area (TPSA) is 115 Å². The highest BCUT2D eigenvalue weighted by atomic mass is 16.8. The predicted octanol–water partition coefficient (Wildman–Crippen LogP) is 8.73. The Bertz CT molecular complexity index is 2460. The molecule has 6 aromatic carbocycles. The van der Waals surface area contributed by atoms with Crippen molar-refractivity contribution in [3.05, 3.63) is 228 Å². The van der Waals surface area contributed by atoms with E-state index in [0.717, 1.165) is 11.1 Å². The second-order valence-electron chi connectivity index (χ2n) is 16.4. The molecule has 0 saturated carbocycles. The van der Waals surface area contributed by atoms with E-state index in [4.69, 9.17) is 44.0 Å². The van der Waals surface area contributed by atoms with Crippen LogP contribution in [0.3, 0.4) is 0 Å². The zero-order chi connectivity index (χ0) is 50.1. The van der Waals surface area contributed by atoms with E-state index in [0.29, 0.717) is 28.8 Å². The molecule has 0 aromatic heterocycles. The van der Waals surface area contributed by atoms with Gasteiger partial charge in [0, 0.05) is 6.54 Å². The molecule has 68 heavy (non-hydrogen) atoms. The SMILES string of the molecule is [2H]C(OC[C@H]1OC(O[C@H]2[C@H](O)[C@@H](NCc3ccccc3)[C@@H](OCC=C)O[C@@H]2COCc2ccccc2)[C@H](OC([2H])c2ccccc2)[C@@H](OC([2H])c2ccccc2)[C@@H]1OC([2H])c1ccccc1)c1ccccc1. The molecule has 2 heterocycles. The molecule has 0 amide bonds. The largest absolute Gasteiger partial charge is 0.388 e. The molecule has 0 radical (unpaired) electrons. The molecule has 11 nitrogen and oxygen atoms in total. The third kappa shape index (κ3) is 14.3. The molecule has 2 fully saturated rings. The summed E-state index contributed by atoms with van der Waals surface area (Å²) in [6, 6.07) is 54.4. The summed E-state index contributed by atoms with van der Waals surface area (Å²) in [5.41, 5.74) is 4.02. The summed E-state index contributed by atoms with van der Waals surface area (Å²) in [5.74, 6) is 0. The van der Waals surface area contributed by atoms with Crippen LogP contribution in [-0.2, 0) is 82.1 Å². The number of hydrogen-bond donors (Lipinski definition) is 2. The lowest BCUT2D eigenvalue weighted by Crippen LogP contribution is -2.67. The summed E-state index contributed by atoms with van der Waals surface area (Å²) in [7, 11) is 0. The Morgan fingerprint density at radius 2 is 0.912 bits per heavy atom. The minimum absolute atomic E-state index is 0.0600. The van der Waals surface area contributed by atoms with E-state index < -0.39 is 87.7 Å². The van der Waals surface area contributed by atoms with Gasteiger partial charge in [0.15, 0.2) is 12.6 Å². The summed E-state index contributed by atoms with van der Waals surface area (Å²) in [6.45, 7) is -0.935. The predicted molar refractivity (Wildman–Crippen MR) is 259 cm³/mol. The first-order valence-corrected chi connectivity index (χ1v) is 23.0. The molecule has 0 aliphatic carbocycles. The van der Waals surface area contributed by atoms with Crippen molar-refractivity contribution in [3.8, 4) is 0 Å². The first-order chi connectivity index (χ1) is 35.2. The first-order valence-electron chi connectivity index (χ1n) is 25.3. The maximum absolute atomic E-state index is 12.7. The molecule has 8 rings (SSSR count). The molecule has 356 valence electrons. The molecule has 6 aromatic rings. The van der Waals surface area contributed by atoms with Gasteiger partial charge in [-0.1, -0.05) is 188 Å². The van der Waals surface area contributed by atoms with Crippen LogP contribution in [0.5, 0.6) is 0 Å². The van der Waals surface area contributed by atoms with E-state index in [2.05, 4.69) is 11.9 Å². The van der Waals surface area contributed by atoms with Gasteiger partial charge < -0.3 is 53.1 Å². The molecule has 0 bridgehead atoms. The molecule has 2 aliphatic heterocycles. The summed E-state index contributed by atoms with van der Waals surface area (Å²) < 4.78 is 97.0. The fourth-order valence-electron chi connectivity index (χ4n) is 8.02. The van der Waals surface area contributed by atoms with Crippen molar-refractivity contribution in [3.63, 3.8) is 0 Å². The van der Waals surface area contributed by atoms with Gasteiger partial charge in [-0.25, -0.2) is 0 Å². The minimum Gasteiger partial charge on any atom is -0.388 e. The zero-order valence-electron chi connectivity index (χ0n) is 41.8. The molecule has 2 N–H and O–H groups in total. The van der Waals surface area contributed by atoms with Gasteiger partial charge in [-0.05, 0) is 33.4 Å². The Labute approximate surface area is 406 Å². The van der Waals surface area contributed by atoms with Crippen LogP contribution in [0.25, 0.3) is 0 Å². The molecular weight excluding hydrogens is 859 g/mol. The first kappa shape index (κ1) is 43.9. The monoisotopic (exact) mass is 925 g/mol. The van der Waals surface area contributed by atoms with E-state index in [-0.39, 0.29) is 26.4 Å². The van der Waals surface area contributed by atoms with Crippen molar-refractivity contribution in [2.24, 2.45) is 0 Å². The Hall–Kier alpha value is -5.38. The zero-order valence-corrected chi connectivity index (χ0v) is 37.8. The summed E-state index contributed by atoms with van der Waals surface area (Å²) in [4.78, 5) is 0. The van der Waals surface area contributed by atoms with Crippen molar-refractivity contribution in [2.45, 2.75) is 101 Å². The Balaban J connectivity index is 1.20. The van der Waals surface area contributed by atoms with Gasteiger partial charge in [0.1, 0.15) is 42.7 Å². The third-order valence-electron chi connectivity index (χ3n) is 11.5. The smallest absolute Gasteiger partial charge is 0.187 e. The number of nitrogens with one attached hydrogen (secondary N) is 1. The number of aliphatic hydroxyl groups excluding tert-OH is 1. The number of aliphatic hydroxyl groups is 1. The van der Waals surface area contributed by atoms with Crippen molar-refractivity contribution in [2.75, 3.05) is 19.8 Å². The van der Waals surface area contributed by atoms with Gasteiger partial charge >= 0.3 is 0 Å². The number of rotatable bonds is 25. The van der Waals surface area contributed by atoms with E-state index in [1.54, 1.807) is 91.0 Å². The summed E-state index contributed by atoms with van der Waals surface area (Å²) in [5, 5.41) is 16.2. The molecule has 2 saturated heterocycles. The standard InChI is InChI=1S/C57H63NO10/c1-2-33-62-56-50(58-34-42-21-9-3-10-22-42)51(59)52(48(66-56)40-60-35-43-23-11-4-12-24-43)68-57-55(65-39-47-31-19-8-20-32-47)54(64-38-46-29-17-7-18-30-46)53(63-37-45-27-15-6-16-28-45)49(67-57)41-61-36-44-25-13-5-14-26-44/h2-32,48-59H,1,33-41H2/t48-,49-,50-,51-,52-,53-,54+,55-,56+,57?/m1/s1/i36D,37D,38D,39D/t36?,37?,38?,39?,48-,49-,50-,51-,52-,53-,54+,55-,56+,57?. The average Bonchev–Trinajstić information content (AvgIpc) is 3.43. The van der Waals surface area contributed by atoms with E-state index in [1.807, 2.05) is 97.1 Å². The second-order valence-corrected chi connectivity index (χ2v) is 16.4. The molecule has 2 aliphatic rings. The van der Waals surface area contributed by atoms with E-state index >= 15 is 0 Å². The summed E-state index contributed by atoms with van der Waals surface area (Å²) in [6.07, 6.45) is -9.51. The number of benzene rings is 6. The van der Waals surface area contributed by atoms with Crippen molar-refractivity contribution in [1.82, 2.24) is 5.32 Å². The minimum atomic E-state index is -1.50. The van der Waals surface area contributed by atoms with Crippen LogP contribution < -0.4 is 5.32 Å². The van der Waals surface area contributed by atoms with Crippen LogP contribution >= 0.6 is 0 Å². The van der Waals surface area contributed by atoms with Gasteiger partial charge in [0.05, 0.1) is 64.3 Å². The Morgan fingerprint density at radius 3 is 1.44 bits per heavy atom. The average molecular weight is 926 g/mol. The van der Waals surface area contributed by atoms with Crippen LogP contribution in [0.15, 0.2) is 195 Å². The highest BCUT2D eigenvalue weighted by molar-refractivity contribution is 5.18. The van der Waals surface area contributed by atoms with Gasteiger partial charge in [-0.2, -0.15) is 0 Å².